The minimum atomic E-state index is -0.671. The fourth-order valence-electron chi connectivity index (χ4n) is 5.82. The number of amides is 1. The number of alkyl carbamates (subject to hydrolysis) is 1. The maximum atomic E-state index is 12.4. The molecule has 0 aromatic carbocycles. The summed E-state index contributed by atoms with van der Waals surface area (Å²) in [7, 11) is 0. The molecular weight excluding hydrogens is 638 g/mol. The van der Waals surface area contributed by atoms with Gasteiger partial charge in [-0.05, 0) is 85.0 Å². The number of hydrogen-bond acceptors (Lipinski definition) is 6. The first kappa shape index (κ1) is 48.7. The van der Waals surface area contributed by atoms with Crippen LogP contribution in [0.4, 0.5) is 4.79 Å². The van der Waals surface area contributed by atoms with E-state index in [0.29, 0.717) is 12.8 Å². The van der Waals surface area contributed by atoms with Crippen molar-refractivity contribution in [2.75, 3.05) is 13.2 Å². The van der Waals surface area contributed by atoms with Gasteiger partial charge in [-0.15, -0.1) is 0 Å². The number of rotatable bonds is 35. The predicted octanol–water partition coefficient (Wildman–Crippen LogP) is 13.0. The summed E-state index contributed by atoms with van der Waals surface area (Å²) >= 11 is 0. The monoisotopic (exact) mass is 720 g/mol. The molecule has 0 spiro atoms. The van der Waals surface area contributed by atoms with Gasteiger partial charge >= 0.3 is 18.0 Å². The molecule has 1 amide bonds. The second kappa shape index (κ2) is 36.1. The zero-order valence-electron chi connectivity index (χ0n) is 34.0. The Bertz CT molecular complexity index is 821. The summed E-state index contributed by atoms with van der Waals surface area (Å²) in [5.41, 5.74) is -0.671. The molecule has 0 aliphatic carbocycles. The second-order valence-corrected chi connectivity index (χ2v) is 15.4. The molecule has 0 unspecified atom stereocenters. The normalized spacial score (nSPS) is 11.9. The molecular formula is C44H81NO6. The molecule has 0 aliphatic heterocycles. The van der Waals surface area contributed by atoms with E-state index >= 15 is 0 Å². The van der Waals surface area contributed by atoms with E-state index in [4.69, 9.17) is 14.2 Å². The molecule has 0 radical (unpaired) electrons. The fraction of sp³-hybridized carbons (Fsp3) is 0.841. The molecule has 7 nitrogen and oxygen atoms in total. The van der Waals surface area contributed by atoms with E-state index in [9.17, 15) is 14.4 Å². The van der Waals surface area contributed by atoms with Gasteiger partial charge in [-0.2, -0.15) is 0 Å². The first-order valence-electron chi connectivity index (χ1n) is 21.3. The topological polar surface area (TPSA) is 90.9 Å². The van der Waals surface area contributed by atoms with Crippen molar-refractivity contribution in [2.45, 2.75) is 226 Å². The van der Waals surface area contributed by atoms with Gasteiger partial charge in [-0.25, -0.2) is 4.79 Å². The summed E-state index contributed by atoms with van der Waals surface area (Å²) in [5, 5.41) is 2.70. The lowest BCUT2D eigenvalue weighted by atomic mass is 10.1. The lowest BCUT2D eigenvalue weighted by Crippen LogP contribution is -2.44. The zero-order valence-corrected chi connectivity index (χ0v) is 34.0. The van der Waals surface area contributed by atoms with E-state index in [0.717, 1.165) is 51.4 Å². The number of carbonyl (C=O) groups is 3. The number of unbranched alkanes of at least 4 members (excludes halogenated alkanes) is 22. The average Bonchev–Trinajstić information content (AvgIpc) is 3.08. The standard InChI is InChI=1S/C44H81NO6/c1-6-8-10-12-14-16-18-20-22-24-26-28-30-32-34-36-41(46)49-38-40(45-43(48)51-44(3,4)5)39-50-42(47)37-35-33-31-29-27-25-23-21-19-17-15-13-11-9-7-2/h20-23,40H,6-19,24-39H2,1-5H3,(H,45,48)/b22-20-,23-21-. The molecule has 0 bridgehead atoms. The maximum absolute atomic E-state index is 12.4. The number of allylic oxidation sites excluding steroid dienone is 4. The van der Waals surface area contributed by atoms with Crippen LogP contribution in [-0.4, -0.2) is 42.9 Å². The molecule has 0 atom stereocenters. The smallest absolute Gasteiger partial charge is 0.408 e. The number of hydrogen-bond donors (Lipinski definition) is 1. The average molecular weight is 720 g/mol. The van der Waals surface area contributed by atoms with E-state index in [1.807, 2.05) is 0 Å². The van der Waals surface area contributed by atoms with Crippen molar-refractivity contribution in [3.63, 3.8) is 0 Å². The third-order valence-electron chi connectivity index (χ3n) is 8.90. The van der Waals surface area contributed by atoms with E-state index in [1.165, 1.54) is 116 Å². The largest absolute Gasteiger partial charge is 0.463 e. The summed E-state index contributed by atoms with van der Waals surface area (Å²) in [6.45, 7) is 9.72. The molecule has 0 fully saturated rings. The number of ether oxygens (including phenoxy) is 3. The van der Waals surface area contributed by atoms with Gasteiger partial charge in [-0.3, -0.25) is 9.59 Å². The van der Waals surface area contributed by atoms with Gasteiger partial charge in [0.15, 0.2) is 0 Å². The van der Waals surface area contributed by atoms with E-state index in [2.05, 4.69) is 43.5 Å². The van der Waals surface area contributed by atoms with E-state index in [1.54, 1.807) is 20.8 Å². The highest BCUT2D eigenvalue weighted by Crippen LogP contribution is 2.13. The molecule has 0 saturated carbocycles. The van der Waals surface area contributed by atoms with Crippen LogP contribution in [0.1, 0.15) is 214 Å². The van der Waals surface area contributed by atoms with Crippen molar-refractivity contribution < 1.29 is 28.6 Å². The Balaban J connectivity index is 4.12. The number of esters is 2. The molecule has 1 N–H and O–H groups in total. The van der Waals surface area contributed by atoms with Crippen LogP contribution < -0.4 is 5.32 Å². The van der Waals surface area contributed by atoms with Crippen LogP contribution in [0, 0.1) is 0 Å². The predicted molar refractivity (Wildman–Crippen MR) is 214 cm³/mol. The Morgan fingerprint density at radius 1 is 0.490 bits per heavy atom. The Kier molecular flexibility index (Phi) is 34.4. The van der Waals surface area contributed by atoms with Gasteiger partial charge in [0.25, 0.3) is 0 Å². The van der Waals surface area contributed by atoms with Gasteiger partial charge in [0.05, 0.1) is 0 Å². The Morgan fingerprint density at radius 2 is 0.804 bits per heavy atom. The third kappa shape index (κ3) is 38.7. The van der Waals surface area contributed by atoms with Gasteiger partial charge in [0, 0.05) is 12.8 Å². The van der Waals surface area contributed by atoms with Crippen molar-refractivity contribution >= 4 is 18.0 Å². The molecule has 0 saturated heterocycles. The first-order valence-corrected chi connectivity index (χ1v) is 21.3. The first-order chi connectivity index (χ1) is 24.7. The van der Waals surface area contributed by atoms with E-state index in [-0.39, 0.29) is 25.2 Å². The Morgan fingerprint density at radius 3 is 1.14 bits per heavy atom. The Labute approximate surface area is 314 Å². The van der Waals surface area contributed by atoms with Crippen molar-refractivity contribution in [3.8, 4) is 0 Å². The highest BCUT2D eigenvalue weighted by atomic mass is 16.6. The molecule has 0 aliphatic rings. The summed E-state index contributed by atoms with van der Waals surface area (Å²) in [5.74, 6) is -0.605. The molecule has 7 heteroatoms. The van der Waals surface area contributed by atoms with Crippen LogP contribution >= 0.6 is 0 Å². The summed E-state index contributed by atoms with van der Waals surface area (Å²) in [4.78, 5) is 37.2. The highest BCUT2D eigenvalue weighted by Gasteiger charge is 2.22. The minimum absolute atomic E-state index is 0.0656. The molecule has 0 aromatic rings. The van der Waals surface area contributed by atoms with Gasteiger partial charge in [0.1, 0.15) is 24.9 Å². The fourth-order valence-corrected chi connectivity index (χ4v) is 5.82. The highest BCUT2D eigenvalue weighted by molar-refractivity contribution is 5.71. The van der Waals surface area contributed by atoms with Gasteiger partial charge in [0.2, 0.25) is 0 Å². The molecule has 0 rings (SSSR count). The molecule has 51 heavy (non-hydrogen) atoms. The van der Waals surface area contributed by atoms with Crippen molar-refractivity contribution in [1.82, 2.24) is 5.32 Å². The number of nitrogens with one attached hydrogen (secondary N) is 1. The van der Waals surface area contributed by atoms with Crippen LogP contribution in [0.2, 0.25) is 0 Å². The van der Waals surface area contributed by atoms with Crippen LogP contribution in [0.3, 0.4) is 0 Å². The van der Waals surface area contributed by atoms with Crippen molar-refractivity contribution in [1.29, 1.82) is 0 Å². The van der Waals surface area contributed by atoms with Crippen LogP contribution in [-0.2, 0) is 23.8 Å². The number of carbonyl (C=O) groups excluding carboxylic acids is 3. The summed E-state index contributed by atoms with van der Waals surface area (Å²) < 4.78 is 16.3. The van der Waals surface area contributed by atoms with Crippen LogP contribution in [0.25, 0.3) is 0 Å². The van der Waals surface area contributed by atoms with Crippen molar-refractivity contribution in [2.24, 2.45) is 0 Å². The molecule has 0 heterocycles. The van der Waals surface area contributed by atoms with E-state index < -0.39 is 17.7 Å². The zero-order chi connectivity index (χ0) is 37.7. The van der Waals surface area contributed by atoms with Gasteiger partial charge in [-0.1, -0.05) is 141 Å². The second-order valence-electron chi connectivity index (χ2n) is 15.4. The minimum Gasteiger partial charge on any atom is -0.463 e. The summed E-state index contributed by atoms with van der Waals surface area (Å²) in [6.07, 6.45) is 40.6. The Hall–Kier alpha value is -2.31. The quantitative estimate of drug-likeness (QED) is 0.0303. The summed E-state index contributed by atoms with van der Waals surface area (Å²) in [6, 6.07) is -0.670. The van der Waals surface area contributed by atoms with Crippen LogP contribution in [0.5, 0.6) is 0 Å². The SMILES string of the molecule is CCCCCCCC/C=C\CCCCCCCC(=O)OCC(COC(=O)CCCCCCC/C=C\CCCCCCCC)NC(=O)OC(C)(C)C. The lowest BCUT2D eigenvalue weighted by molar-refractivity contribution is -0.147. The van der Waals surface area contributed by atoms with Crippen LogP contribution in [0.15, 0.2) is 24.3 Å². The van der Waals surface area contributed by atoms with Gasteiger partial charge < -0.3 is 19.5 Å². The maximum Gasteiger partial charge on any atom is 0.408 e. The molecule has 298 valence electrons. The lowest BCUT2D eigenvalue weighted by Gasteiger charge is -2.23. The molecule has 0 aromatic heterocycles. The third-order valence-corrected chi connectivity index (χ3v) is 8.90. The van der Waals surface area contributed by atoms with Crippen molar-refractivity contribution in [3.05, 3.63) is 24.3 Å².